The van der Waals surface area contributed by atoms with Crippen molar-refractivity contribution in [2.45, 2.75) is 100 Å². The molecule has 1 aliphatic heterocycles. The van der Waals surface area contributed by atoms with Crippen LogP contribution in [0, 0.1) is 0 Å². The van der Waals surface area contributed by atoms with Crippen LogP contribution in [-0.4, -0.2) is 18.4 Å². The maximum absolute atomic E-state index is 2.58. The van der Waals surface area contributed by atoms with Crippen LogP contribution in [0.5, 0.6) is 0 Å². The zero-order valence-electron chi connectivity index (χ0n) is 18.2. The van der Waals surface area contributed by atoms with Gasteiger partial charge in [-0.3, -0.25) is 0 Å². The maximum atomic E-state index is 2.58. The quantitative estimate of drug-likeness (QED) is 0.200. The third-order valence-corrected chi connectivity index (χ3v) is 22.2. The summed E-state index contributed by atoms with van der Waals surface area (Å²) in [5.74, 6) is 0. The molecule has 1 aliphatic rings. The molecule has 0 radical (unpaired) electrons. The van der Waals surface area contributed by atoms with Gasteiger partial charge in [0.05, 0.1) is 0 Å². The average Bonchev–Trinajstić information content (AvgIpc) is 2.85. The van der Waals surface area contributed by atoms with Gasteiger partial charge in [0.1, 0.15) is 0 Å². The number of unbranched alkanes of at least 4 members (excludes halogenated alkanes) is 7. The summed E-state index contributed by atoms with van der Waals surface area (Å²) in [4.78, 5) is 0. The molecule has 0 bridgehead atoms. The van der Waals surface area contributed by atoms with Crippen LogP contribution >= 0.6 is 0 Å². The topological polar surface area (TPSA) is 0 Å². The van der Waals surface area contributed by atoms with Gasteiger partial charge in [0.25, 0.3) is 0 Å². The third-order valence-electron chi connectivity index (χ3n) is 6.38. The molecule has 0 amide bonds. The normalized spacial score (nSPS) is 15.3. The van der Waals surface area contributed by atoms with Crippen molar-refractivity contribution in [1.29, 1.82) is 0 Å². The van der Waals surface area contributed by atoms with E-state index in [0.29, 0.717) is 0 Å². The minimum atomic E-state index is -2.55. The molecule has 1 aromatic rings. The zero-order valence-corrected chi connectivity index (χ0v) is 21.1. The molecular weight excluding hydrogens is 431 g/mol. The van der Waals surface area contributed by atoms with Crippen LogP contribution in [0.2, 0.25) is 8.87 Å². The Bertz CT molecular complexity index is 588. The van der Waals surface area contributed by atoms with Gasteiger partial charge in [0.2, 0.25) is 0 Å². The number of benzene rings is 1. The molecule has 0 nitrogen and oxygen atoms in total. The number of rotatable bonds is 13. The molecule has 0 aromatic heterocycles. The fourth-order valence-corrected chi connectivity index (χ4v) is 21.6. The molecule has 0 saturated carbocycles. The second-order valence-electron chi connectivity index (χ2n) is 8.45. The van der Waals surface area contributed by atoms with Gasteiger partial charge in [-0.1, -0.05) is 0 Å². The van der Waals surface area contributed by atoms with Crippen LogP contribution in [0.15, 0.2) is 40.0 Å². The summed E-state index contributed by atoms with van der Waals surface area (Å²) < 4.78 is 6.76. The first kappa shape index (κ1) is 22.8. The Morgan fingerprint density at radius 1 is 0.704 bits per heavy atom. The predicted octanol–water partition coefficient (Wildman–Crippen LogP) is 8.19. The van der Waals surface area contributed by atoms with Gasteiger partial charge in [-0.25, -0.2) is 0 Å². The summed E-state index contributed by atoms with van der Waals surface area (Å²) in [5.41, 5.74) is 1.54. The molecule has 1 aromatic carbocycles. The number of allylic oxidation sites excluding steroid dienone is 3. The second kappa shape index (κ2) is 12.9. The molecule has 150 valence electrons. The molecule has 0 atom stereocenters. The van der Waals surface area contributed by atoms with E-state index in [9.17, 15) is 0 Å². The Morgan fingerprint density at radius 3 is 2.04 bits per heavy atom. The zero-order chi connectivity index (χ0) is 19.4. The van der Waals surface area contributed by atoms with E-state index in [-0.39, 0.29) is 0 Å². The van der Waals surface area contributed by atoms with Crippen molar-refractivity contribution >= 4 is 28.0 Å². The van der Waals surface area contributed by atoms with Crippen molar-refractivity contribution < 1.29 is 0 Å². The average molecular weight is 473 g/mol. The summed E-state index contributed by atoms with van der Waals surface area (Å²) in [6.45, 7) is 7.05. The molecule has 0 saturated heterocycles. The van der Waals surface area contributed by atoms with Gasteiger partial charge in [-0.15, -0.1) is 0 Å². The van der Waals surface area contributed by atoms with Gasteiger partial charge >= 0.3 is 174 Å². The first-order chi connectivity index (χ1) is 13.3. The van der Waals surface area contributed by atoms with E-state index in [0.717, 1.165) is 0 Å². The third kappa shape index (κ3) is 6.51. The summed E-state index contributed by atoms with van der Waals surface area (Å²) >= 11 is -2.55. The molecule has 2 rings (SSSR count). The molecule has 0 unspecified atom stereocenters. The number of hydrogen-bond donors (Lipinski definition) is 0. The van der Waals surface area contributed by atoms with Crippen molar-refractivity contribution in [3.05, 3.63) is 45.6 Å². The monoisotopic (exact) mass is 474 g/mol. The predicted molar refractivity (Wildman–Crippen MR) is 126 cm³/mol. The van der Waals surface area contributed by atoms with Crippen molar-refractivity contribution in [2.24, 2.45) is 0 Å². The van der Waals surface area contributed by atoms with E-state index in [1.54, 1.807) is 3.58 Å². The molecule has 27 heavy (non-hydrogen) atoms. The van der Waals surface area contributed by atoms with E-state index in [2.05, 4.69) is 63.3 Å². The number of fused-ring (bicyclic) bond motifs is 1. The van der Waals surface area contributed by atoms with Crippen LogP contribution in [-0.2, 0) is 0 Å². The molecule has 1 heteroatoms. The van der Waals surface area contributed by atoms with Gasteiger partial charge in [0, 0.05) is 0 Å². The first-order valence-electron chi connectivity index (χ1n) is 11.8. The standard InChI is InChI=1S/C18H24.2C4H9.Sn/c1-2-3-4-5-6-7-8-9-10-12-15-18-16-13-11-14-17-18;2*1-3-4-2;/h10-16H,2-8H2,1H3;2*1,3-4H2,2H3;. The first-order valence-corrected chi connectivity index (χ1v) is 18.6. The molecule has 1 heterocycles. The van der Waals surface area contributed by atoms with Gasteiger partial charge < -0.3 is 0 Å². The summed E-state index contributed by atoms with van der Waals surface area (Å²) in [6, 6.07) is 9.43. The fraction of sp³-hybridized carbons (Fsp3) is 0.615. The Balaban J connectivity index is 2.24. The van der Waals surface area contributed by atoms with Crippen LogP contribution in [0.1, 0.15) is 97.0 Å². The Hall–Kier alpha value is -0.501. The molecule has 0 fully saturated rings. The molecular formula is C26H42Sn. The van der Waals surface area contributed by atoms with Crippen LogP contribution in [0.3, 0.4) is 0 Å². The summed E-state index contributed by atoms with van der Waals surface area (Å²) in [5, 5.41) is 0. The van der Waals surface area contributed by atoms with Gasteiger partial charge in [-0.2, -0.15) is 0 Å². The Kier molecular flexibility index (Phi) is 10.9. The van der Waals surface area contributed by atoms with Crippen LogP contribution in [0.4, 0.5) is 0 Å². The molecule has 0 aliphatic carbocycles. The van der Waals surface area contributed by atoms with Gasteiger partial charge in [-0.05, 0) is 0 Å². The van der Waals surface area contributed by atoms with E-state index < -0.39 is 18.4 Å². The van der Waals surface area contributed by atoms with Crippen LogP contribution < -0.4 is 3.58 Å². The van der Waals surface area contributed by atoms with Crippen molar-refractivity contribution in [2.75, 3.05) is 0 Å². The van der Waals surface area contributed by atoms with Gasteiger partial charge in [0.15, 0.2) is 0 Å². The number of hydrogen-bond acceptors (Lipinski definition) is 0. The van der Waals surface area contributed by atoms with E-state index >= 15 is 0 Å². The van der Waals surface area contributed by atoms with Crippen molar-refractivity contribution in [1.82, 2.24) is 0 Å². The Labute approximate surface area is 173 Å². The van der Waals surface area contributed by atoms with Crippen molar-refractivity contribution in [3.63, 3.8) is 0 Å². The molecule has 0 spiro atoms. The van der Waals surface area contributed by atoms with E-state index in [1.807, 2.05) is 3.59 Å². The second-order valence-corrected chi connectivity index (χ2v) is 20.8. The van der Waals surface area contributed by atoms with Crippen molar-refractivity contribution in [3.8, 4) is 0 Å². The summed E-state index contributed by atoms with van der Waals surface area (Å²) in [7, 11) is 0. The van der Waals surface area contributed by atoms with E-state index in [1.165, 1.54) is 85.1 Å². The molecule has 0 N–H and O–H groups in total. The summed E-state index contributed by atoms with van der Waals surface area (Å²) in [6.07, 6.45) is 22.7. The SMILES string of the molecule is CCCCCCCC[C]1=CC=Cc2cccc[c]2[Sn]1([CH2]CCC)[CH2]CCC. The minimum absolute atomic E-state index is 1.34. The van der Waals surface area contributed by atoms with Crippen LogP contribution in [0.25, 0.3) is 6.08 Å². The Morgan fingerprint density at radius 2 is 1.33 bits per heavy atom. The fourth-order valence-electron chi connectivity index (χ4n) is 4.77. The van der Waals surface area contributed by atoms with E-state index in [4.69, 9.17) is 0 Å².